The van der Waals surface area contributed by atoms with E-state index in [1.807, 2.05) is 13.8 Å². The number of benzene rings is 1. The quantitative estimate of drug-likeness (QED) is 0.707. The van der Waals surface area contributed by atoms with E-state index in [1.165, 1.54) is 0 Å². The molecule has 0 bridgehead atoms. The maximum Gasteiger partial charge on any atom is 0.321 e. The first kappa shape index (κ1) is 20.0. The molecule has 8 heteroatoms. The van der Waals surface area contributed by atoms with Crippen LogP contribution >= 0.6 is 11.6 Å². The topological polar surface area (TPSA) is 90.5 Å². The third kappa shape index (κ3) is 5.36. The molecule has 4 amide bonds. The van der Waals surface area contributed by atoms with Gasteiger partial charge in [-0.25, -0.2) is 4.79 Å². The second-order valence-electron chi connectivity index (χ2n) is 6.77. The molecule has 1 saturated heterocycles. The normalized spacial score (nSPS) is 15.1. The van der Waals surface area contributed by atoms with Crippen LogP contribution in [0.15, 0.2) is 18.2 Å². The molecule has 0 saturated carbocycles. The number of nitrogens with zero attached hydrogens (tertiary/aromatic N) is 1. The third-order valence-corrected chi connectivity index (χ3v) is 4.30. The highest BCUT2D eigenvalue weighted by atomic mass is 35.5. The van der Waals surface area contributed by atoms with Gasteiger partial charge in [0.15, 0.2) is 0 Å². The van der Waals surface area contributed by atoms with Crippen LogP contribution in [0.4, 0.5) is 16.2 Å². The fraction of sp³-hybridized carbons (Fsp3) is 0.500. The molecule has 1 atom stereocenters. The number of anilines is 2. The van der Waals surface area contributed by atoms with Crippen molar-refractivity contribution in [1.29, 1.82) is 0 Å². The number of amides is 4. The van der Waals surface area contributed by atoms with E-state index in [0.29, 0.717) is 41.8 Å². The van der Waals surface area contributed by atoms with Crippen LogP contribution in [0.2, 0.25) is 5.02 Å². The van der Waals surface area contributed by atoms with Gasteiger partial charge in [0.2, 0.25) is 11.8 Å². The van der Waals surface area contributed by atoms with Crippen molar-refractivity contribution >= 4 is 40.8 Å². The lowest BCUT2D eigenvalue weighted by molar-refractivity contribution is -0.120. The number of hydrogen-bond acceptors (Lipinski definition) is 4. The van der Waals surface area contributed by atoms with Crippen molar-refractivity contribution in [3.8, 4) is 0 Å². The molecule has 1 aromatic rings. The third-order valence-electron chi connectivity index (χ3n) is 4.00. The molecule has 1 aliphatic heterocycles. The summed E-state index contributed by atoms with van der Waals surface area (Å²) in [5.74, 6) is -0.0801. The minimum absolute atomic E-state index is 0.0627. The highest BCUT2D eigenvalue weighted by molar-refractivity contribution is 6.34. The van der Waals surface area contributed by atoms with E-state index < -0.39 is 18.0 Å². The monoisotopic (exact) mass is 380 g/mol. The van der Waals surface area contributed by atoms with E-state index in [0.717, 1.165) is 6.42 Å². The first-order valence-corrected chi connectivity index (χ1v) is 9.11. The Bertz CT molecular complexity index is 693. The van der Waals surface area contributed by atoms with Gasteiger partial charge in [0, 0.05) is 25.2 Å². The lowest BCUT2D eigenvalue weighted by Gasteiger charge is -2.19. The van der Waals surface area contributed by atoms with Crippen LogP contribution in [-0.4, -0.2) is 37.0 Å². The van der Waals surface area contributed by atoms with Crippen molar-refractivity contribution < 1.29 is 14.4 Å². The molecule has 0 aliphatic carbocycles. The van der Waals surface area contributed by atoms with Crippen LogP contribution in [0, 0.1) is 5.92 Å². The van der Waals surface area contributed by atoms with Gasteiger partial charge >= 0.3 is 6.03 Å². The van der Waals surface area contributed by atoms with Crippen LogP contribution in [0.3, 0.4) is 0 Å². The predicted molar refractivity (Wildman–Crippen MR) is 103 cm³/mol. The molecule has 0 radical (unpaired) electrons. The van der Waals surface area contributed by atoms with Crippen molar-refractivity contribution in [2.45, 2.75) is 39.7 Å². The van der Waals surface area contributed by atoms with Gasteiger partial charge in [-0.05, 0) is 37.5 Å². The van der Waals surface area contributed by atoms with E-state index >= 15 is 0 Å². The highest BCUT2D eigenvalue weighted by Gasteiger charge is 2.24. The molecule has 7 nitrogen and oxygen atoms in total. The number of nitrogens with one attached hydrogen (secondary N) is 3. The number of imide groups is 1. The molecule has 1 aliphatic rings. The van der Waals surface area contributed by atoms with Crippen molar-refractivity contribution in [2.24, 2.45) is 5.92 Å². The molecule has 0 aromatic heterocycles. The van der Waals surface area contributed by atoms with E-state index in [1.54, 1.807) is 30.0 Å². The Hall–Kier alpha value is -2.28. The van der Waals surface area contributed by atoms with Gasteiger partial charge in [-0.3, -0.25) is 14.9 Å². The summed E-state index contributed by atoms with van der Waals surface area (Å²) >= 11 is 6.29. The van der Waals surface area contributed by atoms with E-state index in [-0.39, 0.29) is 5.91 Å². The number of halogens is 1. The van der Waals surface area contributed by atoms with E-state index in [4.69, 9.17) is 11.6 Å². The zero-order chi connectivity index (χ0) is 19.3. The number of carbonyl (C=O) groups is 3. The maximum absolute atomic E-state index is 12.1. The molecule has 1 fully saturated rings. The van der Waals surface area contributed by atoms with E-state index in [2.05, 4.69) is 16.0 Å². The van der Waals surface area contributed by atoms with Crippen LogP contribution in [0.1, 0.15) is 33.6 Å². The van der Waals surface area contributed by atoms with Gasteiger partial charge in [0.05, 0.1) is 10.7 Å². The van der Waals surface area contributed by atoms with Gasteiger partial charge in [0.1, 0.15) is 6.04 Å². The fourth-order valence-corrected chi connectivity index (χ4v) is 2.88. The predicted octanol–water partition coefficient (Wildman–Crippen LogP) is 2.75. The van der Waals surface area contributed by atoms with Gasteiger partial charge in [0.25, 0.3) is 0 Å². The number of urea groups is 1. The molecule has 0 spiro atoms. The van der Waals surface area contributed by atoms with Crippen molar-refractivity contribution in [3.63, 3.8) is 0 Å². The summed E-state index contributed by atoms with van der Waals surface area (Å²) in [6, 6.07) is 4.04. The number of carbonyl (C=O) groups excluding carboxylic acids is 3. The summed E-state index contributed by atoms with van der Waals surface area (Å²) in [4.78, 5) is 37.3. The van der Waals surface area contributed by atoms with Gasteiger partial charge in [-0.15, -0.1) is 0 Å². The summed E-state index contributed by atoms with van der Waals surface area (Å²) in [6.07, 6.45) is 1.36. The Morgan fingerprint density at radius 1 is 1.27 bits per heavy atom. The average Bonchev–Trinajstić information content (AvgIpc) is 2.99. The number of rotatable bonds is 6. The Balaban J connectivity index is 1.93. The van der Waals surface area contributed by atoms with Crippen LogP contribution < -0.4 is 20.9 Å². The second kappa shape index (κ2) is 8.89. The minimum atomic E-state index is -0.630. The zero-order valence-electron chi connectivity index (χ0n) is 15.3. The molecule has 142 valence electrons. The van der Waals surface area contributed by atoms with Crippen molar-refractivity contribution in [2.75, 3.05) is 23.3 Å². The van der Waals surface area contributed by atoms with Gasteiger partial charge in [-0.2, -0.15) is 0 Å². The van der Waals surface area contributed by atoms with Crippen LogP contribution in [0.5, 0.6) is 0 Å². The van der Waals surface area contributed by atoms with Gasteiger partial charge in [-0.1, -0.05) is 25.4 Å². The molecule has 26 heavy (non-hydrogen) atoms. The maximum atomic E-state index is 12.1. The molecule has 1 heterocycles. The average molecular weight is 381 g/mol. The Labute approximate surface area is 158 Å². The minimum Gasteiger partial charge on any atom is -0.374 e. The standard InChI is InChI=1S/C18H25ClN4O3/c1-11(2)10-20-18(26)22-17(25)12(3)21-13-6-7-15(14(19)9-13)23-8-4-5-16(23)24/h6-7,9,11-12,21H,4-5,8,10H2,1-3H3,(H2,20,22,25,26)/t12-/m1/s1. The smallest absolute Gasteiger partial charge is 0.321 e. The lowest BCUT2D eigenvalue weighted by atomic mass is 10.2. The van der Waals surface area contributed by atoms with Crippen LogP contribution in [-0.2, 0) is 9.59 Å². The first-order valence-electron chi connectivity index (χ1n) is 8.73. The SMILES string of the molecule is CC(C)CNC(=O)NC(=O)[C@@H](C)Nc1ccc(N2CCCC2=O)c(Cl)c1. The number of hydrogen-bond donors (Lipinski definition) is 3. The largest absolute Gasteiger partial charge is 0.374 e. The highest BCUT2D eigenvalue weighted by Crippen LogP contribution is 2.31. The summed E-state index contributed by atoms with van der Waals surface area (Å²) in [7, 11) is 0. The molecular weight excluding hydrogens is 356 g/mol. The van der Waals surface area contributed by atoms with Crippen molar-refractivity contribution in [1.82, 2.24) is 10.6 Å². The first-order chi connectivity index (χ1) is 12.3. The molecular formula is C18H25ClN4O3. The second-order valence-corrected chi connectivity index (χ2v) is 7.18. The van der Waals surface area contributed by atoms with Crippen molar-refractivity contribution in [3.05, 3.63) is 23.2 Å². The fourth-order valence-electron chi connectivity index (χ4n) is 2.60. The molecule has 1 aromatic carbocycles. The molecule has 2 rings (SSSR count). The zero-order valence-corrected chi connectivity index (χ0v) is 16.0. The molecule has 3 N–H and O–H groups in total. The summed E-state index contributed by atoms with van der Waals surface area (Å²) in [5.41, 5.74) is 1.31. The Morgan fingerprint density at radius 2 is 2.00 bits per heavy atom. The lowest BCUT2D eigenvalue weighted by Crippen LogP contribution is -2.46. The summed E-state index contributed by atoms with van der Waals surface area (Å²) < 4.78 is 0. The Morgan fingerprint density at radius 3 is 2.58 bits per heavy atom. The van der Waals surface area contributed by atoms with Crippen LogP contribution in [0.25, 0.3) is 0 Å². The molecule has 0 unspecified atom stereocenters. The van der Waals surface area contributed by atoms with E-state index in [9.17, 15) is 14.4 Å². The summed E-state index contributed by atoms with van der Waals surface area (Å²) in [5, 5.41) is 8.36. The summed E-state index contributed by atoms with van der Waals surface area (Å²) in [6.45, 7) is 6.74. The Kier molecular flexibility index (Phi) is 6.85. The van der Waals surface area contributed by atoms with Gasteiger partial charge < -0.3 is 15.5 Å².